The van der Waals surface area contributed by atoms with Gasteiger partial charge in [0.05, 0.1) is 0 Å². The van der Waals surface area contributed by atoms with Crippen molar-refractivity contribution in [2.45, 2.75) is 13.3 Å². The van der Waals surface area contributed by atoms with E-state index in [1.807, 2.05) is 47.4 Å². The van der Waals surface area contributed by atoms with Gasteiger partial charge < -0.3 is 10.2 Å². The zero-order valence-corrected chi connectivity index (χ0v) is 17.5. The van der Waals surface area contributed by atoms with E-state index in [1.165, 1.54) is 15.3 Å². The highest BCUT2D eigenvalue weighted by molar-refractivity contribution is 7.92. The van der Waals surface area contributed by atoms with E-state index in [2.05, 4.69) is 24.4 Å². The van der Waals surface area contributed by atoms with Gasteiger partial charge in [-0.15, -0.1) is 0 Å². The van der Waals surface area contributed by atoms with Crippen molar-refractivity contribution in [3.8, 4) is 0 Å². The molecular formula is C21H25N3O2S2. The maximum Gasteiger partial charge on any atom is 0.236 e. The average Bonchev–Trinajstić information content (AvgIpc) is 2.74. The van der Waals surface area contributed by atoms with Crippen LogP contribution in [0, 0.1) is 0 Å². The molecular weight excluding hydrogens is 390 g/mol. The van der Waals surface area contributed by atoms with Gasteiger partial charge in [-0.3, -0.25) is 0 Å². The Morgan fingerprint density at radius 1 is 1.04 bits per heavy atom. The van der Waals surface area contributed by atoms with Crippen LogP contribution in [0.5, 0.6) is 0 Å². The number of sulfonamides is 1. The van der Waals surface area contributed by atoms with Gasteiger partial charge >= 0.3 is 0 Å². The van der Waals surface area contributed by atoms with Gasteiger partial charge in [0, 0.05) is 37.3 Å². The van der Waals surface area contributed by atoms with Crippen molar-refractivity contribution in [1.29, 1.82) is 0 Å². The smallest absolute Gasteiger partial charge is 0.236 e. The van der Waals surface area contributed by atoms with Crippen LogP contribution in [0.1, 0.15) is 18.1 Å². The molecule has 1 heterocycles. The molecule has 7 heteroatoms. The number of nitrogens with one attached hydrogen (secondary N) is 1. The summed E-state index contributed by atoms with van der Waals surface area (Å²) >= 11 is 5.50. The van der Waals surface area contributed by atoms with E-state index in [0.717, 1.165) is 17.7 Å². The predicted molar refractivity (Wildman–Crippen MR) is 120 cm³/mol. The number of rotatable bonds is 5. The number of benzene rings is 2. The molecule has 28 heavy (non-hydrogen) atoms. The maximum absolute atomic E-state index is 12.6. The second-order valence-electron chi connectivity index (χ2n) is 6.63. The molecule has 5 nitrogen and oxygen atoms in total. The van der Waals surface area contributed by atoms with E-state index in [9.17, 15) is 8.42 Å². The Kier molecular flexibility index (Phi) is 6.83. The SMILES string of the molecule is CCc1ccc(NC(=S)N2CCN(S(=O)(=O)/C=C/c3ccccc3)CC2)cc1. The number of anilines is 1. The van der Waals surface area contributed by atoms with E-state index in [-0.39, 0.29) is 0 Å². The molecule has 1 aliphatic rings. The van der Waals surface area contributed by atoms with E-state index < -0.39 is 10.0 Å². The Morgan fingerprint density at radius 2 is 1.68 bits per heavy atom. The molecule has 2 aromatic carbocycles. The fourth-order valence-electron chi connectivity index (χ4n) is 2.99. The third kappa shape index (κ3) is 5.41. The number of hydrogen-bond donors (Lipinski definition) is 1. The molecule has 0 saturated carbocycles. The largest absolute Gasteiger partial charge is 0.346 e. The lowest BCUT2D eigenvalue weighted by atomic mass is 10.1. The van der Waals surface area contributed by atoms with Crippen molar-refractivity contribution >= 4 is 39.1 Å². The average molecular weight is 416 g/mol. The first-order valence-corrected chi connectivity index (χ1v) is 11.3. The highest BCUT2D eigenvalue weighted by Crippen LogP contribution is 2.14. The maximum atomic E-state index is 12.6. The number of piperazine rings is 1. The molecule has 1 fully saturated rings. The molecule has 0 aromatic heterocycles. The quantitative estimate of drug-likeness (QED) is 0.757. The van der Waals surface area contributed by atoms with Gasteiger partial charge in [0.2, 0.25) is 10.0 Å². The third-order valence-corrected chi connectivity index (χ3v) is 6.66. The van der Waals surface area contributed by atoms with Gasteiger partial charge in [0.25, 0.3) is 0 Å². The van der Waals surface area contributed by atoms with Crippen LogP contribution in [0.2, 0.25) is 0 Å². The molecule has 3 rings (SSSR count). The van der Waals surface area contributed by atoms with E-state index >= 15 is 0 Å². The van der Waals surface area contributed by atoms with E-state index in [4.69, 9.17) is 12.2 Å². The molecule has 0 spiro atoms. The van der Waals surface area contributed by atoms with Crippen LogP contribution in [0.15, 0.2) is 60.0 Å². The van der Waals surface area contributed by atoms with Crippen molar-refractivity contribution in [1.82, 2.24) is 9.21 Å². The van der Waals surface area contributed by atoms with Gasteiger partial charge in [-0.25, -0.2) is 8.42 Å². The molecule has 1 saturated heterocycles. The van der Waals surface area contributed by atoms with Crippen molar-refractivity contribution in [2.24, 2.45) is 0 Å². The Balaban J connectivity index is 1.54. The van der Waals surface area contributed by atoms with Gasteiger partial charge in [-0.1, -0.05) is 49.4 Å². The Morgan fingerprint density at radius 3 is 2.29 bits per heavy atom. The molecule has 0 bridgehead atoms. The lowest BCUT2D eigenvalue weighted by Gasteiger charge is -2.35. The zero-order valence-electron chi connectivity index (χ0n) is 15.9. The summed E-state index contributed by atoms with van der Waals surface area (Å²) in [5.74, 6) is 0. The second kappa shape index (κ2) is 9.32. The van der Waals surface area contributed by atoms with Crippen LogP contribution >= 0.6 is 12.2 Å². The Labute approximate surface area is 172 Å². The summed E-state index contributed by atoms with van der Waals surface area (Å²) in [4.78, 5) is 2.01. The highest BCUT2D eigenvalue weighted by atomic mass is 32.2. The molecule has 0 aliphatic carbocycles. The van der Waals surface area contributed by atoms with Gasteiger partial charge in [0.1, 0.15) is 0 Å². The first-order chi connectivity index (χ1) is 13.5. The first kappa shape index (κ1) is 20.5. The van der Waals surface area contributed by atoms with Crippen LogP contribution < -0.4 is 5.32 Å². The fourth-order valence-corrected chi connectivity index (χ4v) is 4.46. The molecule has 0 amide bonds. The molecule has 0 radical (unpaired) electrons. The normalized spacial score (nSPS) is 15.7. The van der Waals surface area contributed by atoms with Crippen LogP contribution in [-0.2, 0) is 16.4 Å². The zero-order chi connectivity index (χ0) is 20.0. The molecule has 0 atom stereocenters. The molecule has 2 aromatic rings. The lowest BCUT2D eigenvalue weighted by molar-refractivity contribution is 0.270. The Hall–Kier alpha value is -2.22. The lowest BCUT2D eigenvalue weighted by Crippen LogP contribution is -2.51. The predicted octanol–water partition coefficient (Wildman–Crippen LogP) is 3.56. The minimum absolute atomic E-state index is 0.415. The third-order valence-electron chi connectivity index (χ3n) is 4.73. The minimum atomic E-state index is -3.43. The first-order valence-electron chi connectivity index (χ1n) is 9.36. The number of nitrogens with zero attached hydrogens (tertiary/aromatic N) is 2. The summed E-state index contributed by atoms with van der Waals surface area (Å²) in [7, 11) is -3.43. The van der Waals surface area contributed by atoms with Gasteiger partial charge in [-0.2, -0.15) is 4.31 Å². The number of hydrogen-bond acceptors (Lipinski definition) is 3. The Bertz CT molecular complexity index is 918. The van der Waals surface area contributed by atoms with E-state index in [1.54, 1.807) is 6.08 Å². The summed E-state index contributed by atoms with van der Waals surface area (Å²) in [6.45, 7) is 4.08. The molecule has 1 N–H and O–H groups in total. The summed E-state index contributed by atoms with van der Waals surface area (Å²) < 4.78 is 26.6. The van der Waals surface area contributed by atoms with Crippen LogP contribution in [-0.4, -0.2) is 48.9 Å². The standard InChI is InChI=1S/C21H25N3O2S2/c1-2-18-8-10-20(11-9-18)22-21(27)23-13-15-24(16-14-23)28(25,26)17-12-19-6-4-3-5-7-19/h3-12,17H,2,13-16H2,1H3,(H,22,27)/b17-12+. The molecule has 0 unspecified atom stereocenters. The monoisotopic (exact) mass is 415 g/mol. The summed E-state index contributed by atoms with van der Waals surface area (Å²) in [6, 6.07) is 17.6. The summed E-state index contributed by atoms with van der Waals surface area (Å²) in [5.41, 5.74) is 3.09. The number of thiocarbonyl (C=S) groups is 1. The number of aryl methyl sites for hydroxylation is 1. The van der Waals surface area contributed by atoms with Crippen LogP contribution in [0.4, 0.5) is 5.69 Å². The molecule has 148 valence electrons. The molecule has 1 aliphatic heterocycles. The summed E-state index contributed by atoms with van der Waals surface area (Å²) in [6.07, 6.45) is 2.63. The van der Waals surface area contributed by atoms with Crippen molar-refractivity contribution < 1.29 is 8.42 Å². The minimum Gasteiger partial charge on any atom is -0.346 e. The van der Waals surface area contributed by atoms with Crippen molar-refractivity contribution in [2.75, 3.05) is 31.5 Å². The second-order valence-corrected chi connectivity index (χ2v) is 8.83. The van der Waals surface area contributed by atoms with Gasteiger partial charge in [0.15, 0.2) is 5.11 Å². The van der Waals surface area contributed by atoms with Crippen molar-refractivity contribution in [3.05, 3.63) is 71.1 Å². The van der Waals surface area contributed by atoms with Crippen LogP contribution in [0.25, 0.3) is 6.08 Å². The topological polar surface area (TPSA) is 52.6 Å². The fraction of sp³-hybridized carbons (Fsp3) is 0.286. The van der Waals surface area contributed by atoms with Crippen LogP contribution in [0.3, 0.4) is 0 Å². The van der Waals surface area contributed by atoms with Crippen molar-refractivity contribution in [3.63, 3.8) is 0 Å². The van der Waals surface area contributed by atoms with Gasteiger partial charge in [-0.05, 0) is 48.0 Å². The highest BCUT2D eigenvalue weighted by Gasteiger charge is 2.26. The summed E-state index contributed by atoms with van der Waals surface area (Å²) in [5, 5.41) is 5.15. The van der Waals surface area contributed by atoms with E-state index in [0.29, 0.717) is 31.3 Å².